The van der Waals surface area contributed by atoms with Gasteiger partial charge in [-0.1, -0.05) is 0 Å². The quantitative estimate of drug-likeness (QED) is 0.722. The predicted octanol–water partition coefficient (Wildman–Crippen LogP) is 4.67. The Kier molecular flexibility index (Phi) is 3.46. The minimum Gasteiger partial charge on any atom is -0.373 e. The lowest BCUT2D eigenvalue weighted by Crippen LogP contribution is -2.28. The SMILES string of the molecule is Cc1sc(C(Cl)C2(C)CCCO2)cc1Br. The molecule has 15 heavy (non-hydrogen) atoms. The van der Waals surface area contributed by atoms with E-state index in [9.17, 15) is 0 Å². The van der Waals surface area contributed by atoms with E-state index >= 15 is 0 Å². The zero-order valence-electron chi connectivity index (χ0n) is 8.85. The number of alkyl halides is 1. The number of rotatable bonds is 2. The third-order valence-electron chi connectivity index (χ3n) is 2.91. The third-order valence-corrected chi connectivity index (χ3v) is 5.94. The first-order valence-electron chi connectivity index (χ1n) is 5.07. The van der Waals surface area contributed by atoms with Gasteiger partial charge < -0.3 is 4.74 Å². The highest BCUT2D eigenvalue weighted by molar-refractivity contribution is 9.10. The van der Waals surface area contributed by atoms with Gasteiger partial charge in [0.1, 0.15) is 0 Å². The number of halogens is 2. The molecule has 1 aromatic heterocycles. The molecule has 1 aromatic rings. The second-order valence-electron chi connectivity index (χ2n) is 4.18. The van der Waals surface area contributed by atoms with Crippen LogP contribution in [0.2, 0.25) is 0 Å². The molecule has 1 saturated heterocycles. The lowest BCUT2D eigenvalue weighted by atomic mass is 9.97. The topological polar surface area (TPSA) is 9.23 Å². The van der Waals surface area contributed by atoms with Gasteiger partial charge in [-0.15, -0.1) is 22.9 Å². The van der Waals surface area contributed by atoms with Gasteiger partial charge in [-0.2, -0.15) is 0 Å². The zero-order valence-corrected chi connectivity index (χ0v) is 12.0. The molecule has 0 saturated carbocycles. The molecule has 1 aliphatic rings. The van der Waals surface area contributed by atoms with Crippen molar-refractivity contribution in [2.45, 2.75) is 37.7 Å². The van der Waals surface area contributed by atoms with Crippen molar-refractivity contribution in [3.05, 3.63) is 20.3 Å². The van der Waals surface area contributed by atoms with E-state index in [0.717, 1.165) is 23.9 Å². The first kappa shape index (κ1) is 11.9. The van der Waals surface area contributed by atoms with Crippen molar-refractivity contribution in [1.82, 2.24) is 0 Å². The molecule has 1 aliphatic heterocycles. The van der Waals surface area contributed by atoms with Gasteiger partial charge >= 0.3 is 0 Å². The number of hydrogen-bond acceptors (Lipinski definition) is 2. The van der Waals surface area contributed by atoms with Gasteiger partial charge in [0.15, 0.2) is 0 Å². The first-order valence-corrected chi connectivity index (χ1v) is 7.11. The first-order chi connectivity index (χ1) is 7.03. The normalized spacial score (nSPS) is 28.3. The molecule has 2 atom stereocenters. The van der Waals surface area contributed by atoms with E-state index < -0.39 is 0 Å². The molecular weight excluding hydrogens is 296 g/mol. The van der Waals surface area contributed by atoms with Crippen molar-refractivity contribution >= 4 is 38.9 Å². The van der Waals surface area contributed by atoms with Gasteiger partial charge in [0.05, 0.1) is 11.0 Å². The summed E-state index contributed by atoms with van der Waals surface area (Å²) in [4.78, 5) is 2.47. The molecule has 1 fully saturated rings. The molecule has 2 heterocycles. The summed E-state index contributed by atoms with van der Waals surface area (Å²) in [5, 5.41) is -0.0324. The standard InChI is InChI=1S/C11H14BrClOS/c1-7-8(12)6-9(15-7)10(13)11(2)4-3-5-14-11/h6,10H,3-5H2,1-2H3. The molecule has 2 unspecified atom stereocenters. The van der Waals surface area contributed by atoms with Gasteiger partial charge in [0.2, 0.25) is 0 Å². The minimum absolute atomic E-state index is 0.0324. The maximum atomic E-state index is 6.50. The average Bonchev–Trinajstić information content (AvgIpc) is 2.75. The van der Waals surface area contributed by atoms with Crippen molar-refractivity contribution in [2.75, 3.05) is 6.61 Å². The Hall–Kier alpha value is 0.430. The van der Waals surface area contributed by atoms with E-state index in [1.54, 1.807) is 11.3 Å². The molecule has 0 aromatic carbocycles. The summed E-state index contributed by atoms with van der Waals surface area (Å²) in [5.74, 6) is 0. The van der Waals surface area contributed by atoms with E-state index in [1.165, 1.54) is 9.75 Å². The summed E-state index contributed by atoms with van der Waals surface area (Å²) in [7, 11) is 0. The van der Waals surface area contributed by atoms with Gasteiger partial charge in [-0.25, -0.2) is 0 Å². The Morgan fingerprint density at radius 3 is 2.87 bits per heavy atom. The number of ether oxygens (including phenoxy) is 1. The molecule has 1 nitrogen and oxygen atoms in total. The van der Waals surface area contributed by atoms with Crippen molar-refractivity contribution in [1.29, 1.82) is 0 Å². The highest BCUT2D eigenvalue weighted by atomic mass is 79.9. The highest BCUT2D eigenvalue weighted by Gasteiger charge is 2.39. The van der Waals surface area contributed by atoms with Gasteiger partial charge in [0, 0.05) is 20.8 Å². The summed E-state index contributed by atoms with van der Waals surface area (Å²) >= 11 is 11.8. The second-order valence-corrected chi connectivity index (χ2v) is 6.76. The van der Waals surface area contributed by atoms with E-state index in [1.807, 2.05) is 0 Å². The van der Waals surface area contributed by atoms with Crippen LogP contribution in [0.1, 0.15) is 34.9 Å². The van der Waals surface area contributed by atoms with Gasteiger partial charge in [-0.3, -0.25) is 0 Å². The molecule has 0 spiro atoms. The highest BCUT2D eigenvalue weighted by Crippen LogP contribution is 2.45. The van der Waals surface area contributed by atoms with Crippen LogP contribution in [0.15, 0.2) is 10.5 Å². The zero-order chi connectivity index (χ0) is 11.1. The lowest BCUT2D eigenvalue weighted by molar-refractivity contribution is 0.0171. The van der Waals surface area contributed by atoms with Crippen LogP contribution in [0, 0.1) is 6.92 Å². The summed E-state index contributed by atoms with van der Waals surface area (Å²) in [6.45, 7) is 5.05. The number of hydrogen-bond donors (Lipinski definition) is 0. The van der Waals surface area contributed by atoms with Crippen molar-refractivity contribution in [3.8, 4) is 0 Å². The monoisotopic (exact) mass is 308 g/mol. The maximum absolute atomic E-state index is 6.50. The molecule has 2 rings (SSSR count). The van der Waals surface area contributed by atoms with E-state index in [0.29, 0.717) is 0 Å². The van der Waals surface area contributed by atoms with Gasteiger partial charge in [0.25, 0.3) is 0 Å². The number of thiophene rings is 1. The third kappa shape index (κ3) is 2.26. The molecule has 0 radical (unpaired) electrons. The van der Waals surface area contributed by atoms with E-state index in [-0.39, 0.29) is 11.0 Å². The van der Waals surface area contributed by atoms with Crippen LogP contribution in [0.25, 0.3) is 0 Å². The summed E-state index contributed by atoms with van der Waals surface area (Å²) in [6, 6.07) is 2.12. The average molecular weight is 310 g/mol. The van der Waals surface area contributed by atoms with Crippen molar-refractivity contribution < 1.29 is 4.74 Å². The van der Waals surface area contributed by atoms with E-state index in [2.05, 4.69) is 35.8 Å². The van der Waals surface area contributed by atoms with Crippen LogP contribution in [0.3, 0.4) is 0 Å². The Balaban J connectivity index is 2.23. The Morgan fingerprint density at radius 1 is 1.67 bits per heavy atom. The smallest absolute Gasteiger partial charge is 0.0965 e. The predicted molar refractivity (Wildman–Crippen MR) is 68.9 cm³/mol. The van der Waals surface area contributed by atoms with Crippen LogP contribution in [-0.2, 0) is 4.74 Å². The molecule has 0 amide bonds. The molecule has 4 heteroatoms. The molecular formula is C11H14BrClOS. The van der Waals surface area contributed by atoms with Gasteiger partial charge in [-0.05, 0) is 48.7 Å². The van der Waals surface area contributed by atoms with Crippen LogP contribution in [-0.4, -0.2) is 12.2 Å². The fourth-order valence-corrected chi connectivity index (χ4v) is 3.96. The van der Waals surface area contributed by atoms with Crippen LogP contribution in [0.4, 0.5) is 0 Å². The van der Waals surface area contributed by atoms with Crippen LogP contribution >= 0.6 is 38.9 Å². The number of aryl methyl sites for hydroxylation is 1. The Labute approximate surface area is 108 Å². The van der Waals surface area contributed by atoms with Crippen molar-refractivity contribution in [3.63, 3.8) is 0 Å². The Morgan fingerprint density at radius 2 is 2.40 bits per heavy atom. The largest absolute Gasteiger partial charge is 0.373 e. The summed E-state index contributed by atoms with van der Waals surface area (Å²) in [5.41, 5.74) is -0.182. The fraction of sp³-hybridized carbons (Fsp3) is 0.636. The maximum Gasteiger partial charge on any atom is 0.0965 e. The summed E-state index contributed by atoms with van der Waals surface area (Å²) in [6.07, 6.45) is 2.17. The molecule has 0 bridgehead atoms. The van der Waals surface area contributed by atoms with E-state index in [4.69, 9.17) is 16.3 Å². The van der Waals surface area contributed by atoms with Crippen molar-refractivity contribution in [2.24, 2.45) is 0 Å². The van der Waals surface area contributed by atoms with Crippen LogP contribution < -0.4 is 0 Å². The Bertz CT molecular complexity index is 338. The van der Waals surface area contributed by atoms with Crippen LogP contribution in [0.5, 0.6) is 0 Å². The fourth-order valence-electron chi connectivity index (χ4n) is 1.91. The molecule has 0 N–H and O–H groups in total. The summed E-state index contributed by atoms with van der Waals surface area (Å²) < 4.78 is 6.91. The second kappa shape index (κ2) is 4.36. The lowest BCUT2D eigenvalue weighted by Gasteiger charge is -2.27. The molecule has 0 aliphatic carbocycles. The molecule has 84 valence electrons. The minimum atomic E-state index is -0.182.